The summed E-state index contributed by atoms with van der Waals surface area (Å²) >= 11 is 0. The van der Waals surface area contributed by atoms with Gasteiger partial charge in [0.15, 0.2) is 0 Å². The maximum atomic E-state index is 12.2. The Balaban J connectivity index is 2.52. The fraction of sp³-hybridized carbons (Fsp3) is 0.917. The van der Waals surface area contributed by atoms with E-state index in [2.05, 4.69) is 6.92 Å². The molecule has 1 fully saturated rings. The van der Waals surface area contributed by atoms with Crippen molar-refractivity contribution in [3.05, 3.63) is 0 Å². The number of esters is 1. The second-order valence-electron chi connectivity index (χ2n) is 4.62. The average Bonchev–Trinajstić information content (AvgIpc) is 2.27. The first kappa shape index (κ1) is 13.7. The summed E-state index contributed by atoms with van der Waals surface area (Å²) in [4.78, 5) is 11.5. The zero-order valence-corrected chi connectivity index (χ0v) is 11.2. The molecule has 1 rings (SSSR count). The Morgan fingerprint density at radius 3 is 2.75 bits per heavy atom. The van der Waals surface area contributed by atoms with Crippen LogP contribution in [0.3, 0.4) is 0 Å². The Bertz CT molecular complexity index is 265. The SMILES string of the molecule is CCOC(=O)C(C)S(=O)C1CCCC(C)C1. The largest absolute Gasteiger partial charge is 0.465 e. The maximum Gasteiger partial charge on any atom is 0.321 e. The lowest BCUT2D eigenvalue weighted by molar-refractivity contribution is -0.142. The van der Waals surface area contributed by atoms with Gasteiger partial charge in [0.05, 0.1) is 6.61 Å². The van der Waals surface area contributed by atoms with Crippen LogP contribution in [0.4, 0.5) is 0 Å². The third kappa shape index (κ3) is 3.58. The second-order valence-corrected chi connectivity index (χ2v) is 6.65. The lowest BCUT2D eigenvalue weighted by atomic mass is 9.91. The average molecular weight is 246 g/mol. The van der Waals surface area contributed by atoms with Crippen molar-refractivity contribution in [2.24, 2.45) is 5.92 Å². The molecule has 4 heteroatoms. The summed E-state index contributed by atoms with van der Waals surface area (Å²) in [5.74, 6) is 0.316. The molecule has 0 aromatic rings. The molecule has 1 aliphatic rings. The molecule has 0 aliphatic heterocycles. The van der Waals surface area contributed by atoms with Gasteiger partial charge in [-0.2, -0.15) is 0 Å². The fourth-order valence-corrected chi connectivity index (χ4v) is 3.98. The Hall–Kier alpha value is -0.380. The van der Waals surface area contributed by atoms with Crippen molar-refractivity contribution in [2.45, 2.75) is 57.0 Å². The monoisotopic (exact) mass is 246 g/mol. The van der Waals surface area contributed by atoms with E-state index in [4.69, 9.17) is 4.74 Å². The van der Waals surface area contributed by atoms with Crippen LogP contribution >= 0.6 is 0 Å². The summed E-state index contributed by atoms with van der Waals surface area (Å²) in [6.45, 7) is 6.05. The normalized spacial score (nSPS) is 29.4. The Labute approximate surface area is 100 Å². The molecule has 16 heavy (non-hydrogen) atoms. The molecule has 4 unspecified atom stereocenters. The van der Waals surface area contributed by atoms with E-state index in [1.165, 1.54) is 6.42 Å². The van der Waals surface area contributed by atoms with Crippen LogP contribution in [-0.4, -0.2) is 27.3 Å². The van der Waals surface area contributed by atoms with Crippen LogP contribution in [0.15, 0.2) is 0 Å². The minimum absolute atomic E-state index is 0.183. The topological polar surface area (TPSA) is 43.4 Å². The Morgan fingerprint density at radius 1 is 1.50 bits per heavy atom. The van der Waals surface area contributed by atoms with Crippen molar-refractivity contribution in [1.29, 1.82) is 0 Å². The molecule has 0 N–H and O–H groups in total. The lowest BCUT2D eigenvalue weighted by Crippen LogP contribution is -2.34. The molecular weight excluding hydrogens is 224 g/mol. The van der Waals surface area contributed by atoms with Gasteiger partial charge in [0.2, 0.25) is 0 Å². The van der Waals surface area contributed by atoms with Crippen molar-refractivity contribution in [3.63, 3.8) is 0 Å². The first-order chi connectivity index (χ1) is 7.56. The fourth-order valence-electron chi connectivity index (χ4n) is 2.23. The molecule has 0 aromatic heterocycles. The van der Waals surface area contributed by atoms with Crippen molar-refractivity contribution < 1.29 is 13.7 Å². The van der Waals surface area contributed by atoms with Crippen molar-refractivity contribution in [3.8, 4) is 0 Å². The van der Waals surface area contributed by atoms with E-state index in [1.807, 2.05) is 0 Å². The highest BCUT2D eigenvalue weighted by Gasteiger charge is 2.31. The van der Waals surface area contributed by atoms with E-state index >= 15 is 0 Å². The van der Waals surface area contributed by atoms with Gasteiger partial charge in [-0.05, 0) is 32.6 Å². The smallest absolute Gasteiger partial charge is 0.321 e. The van der Waals surface area contributed by atoms with Crippen LogP contribution in [0.2, 0.25) is 0 Å². The molecule has 0 saturated heterocycles. The highest BCUT2D eigenvalue weighted by molar-refractivity contribution is 7.87. The summed E-state index contributed by atoms with van der Waals surface area (Å²) < 4.78 is 17.1. The van der Waals surface area contributed by atoms with Gasteiger partial charge >= 0.3 is 5.97 Å². The molecule has 0 bridgehead atoms. The predicted octanol–water partition coefficient (Wildman–Crippen LogP) is 2.27. The van der Waals surface area contributed by atoms with E-state index in [9.17, 15) is 9.00 Å². The third-order valence-electron chi connectivity index (χ3n) is 3.18. The number of carbonyl (C=O) groups is 1. The molecule has 4 atom stereocenters. The van der Waals surface area contributed by atoms with Gasteiger partial charge in [0.25, 0.3) is 0 Å². The van der Waals surface area contributed by atoms with Gasteiger partial charge < -0.3 is 4.74 Å². The summed E-state index contributed by atoms with van der Waals surface area (Å²) in [5.41, 5.74) is 0. The molecular formula is C12H22O3S. The van der Waals surface area contributed by atoms with Crippen LogP contribution < -0.4 is 0 Å². The molecule has 0 spiro atoms. The second kappa shape index (κ2) is 6.38. The van der Waals surface area contributed by atoms with Gasteiger partial charge in [-0.25, -0.2) is 0 Å². The van der Waals surface area contributed by atoms with Gasteiger partial charge in [-0.3, -0.25) is 9.00 Å². The molecule has 3 nitrogen and oxygen atoms in total. The minimum Gasteiger partial charge on any atom is -0.465 e. The van der Waals surface area contributed by atoms with E-state index in [-0.39, 0.29) is 11.2 Å². The molecule has 1 aliphatic carbocycles. The number of hydrogen-bond donors (Lipinski definition) is 0. The van der Waals surface area contributed by atoms with E-state index in [0.717, 1.165) is 19.3 Å². The Morgan fingerprint density at radius 2 is 2.19 bits per heavy atom. The summed E-state index contributed by atoms with van der Waals surface area (Å²) in [5, 5.41) is -0.293. The van der Waals surface area contributed by atoms with Crippen LogP contribution in [0.5, 0.6) is 0 Å². The summed E-state index contributed by atoms with van der Waals surface area (Å²) in [6.07, 6.45) is 4.33. The first-order valence-corrected chi connectivity index (χ1v) is 7.39. The molecule has 0 heterocycles. The lowest BCUT2D eigenvalue weighted by Gasteiger charge is -2.27. The highest BCUT2D eigenvalue weighted by atomic mass is 32.2. The third-order valence-corrected chi connectivity index (χ3v) is 5.16. The Kier molecular flexibility index (Phi) is 5.46. The van der Waals surface area contributed by atoms with E-state index < -0.39 is 16.0 Å². The van der Waals surface area contributed by atoms with Gasteiger partial charge in [0, 0.05) is 16.0 Å². The first-order valence-electron chi connectivity index (χ1n) is 6.12. The van der Waals surface area contributed by atoms with Crippen molar-refractivity contribution in [2.75, 3.05) is 6.61 Å². The zero-order valence-electron chi connectivity index (χ0n) is 10.4. The van der Waals surface area contributed by atoms with Gasteiger partial charge in [0.1, 0.15) is 5.25 Å². The summed E-state index contributed by atoms with van der Waals surface area (Å²) in [7, 11) is -1.08. The highest BCUT2D eigenvalue weighted by Crippen LogP contribution is 2.28. The molecule has 1 saturated carbocycles. The predicted molar refractivity (Wildman–Crippen MR) is 65.7 cm³/mol. The van der Waals surface area contributed by atoms with Crippen LogP contribution in [0.1, 0.15) is 46.5 Å². The van der Waals surface area contributed by atoms with E-state index in [1.54, 1.807) is 13.8 Å². The summed E-state index contributed by atoms with van der Waals surface area (Å²) in [6, 6.07) is 0. The number of rotatable bonds is 4. The number of hydrogen-bond acceptors (Lipinski definition) is 3. The van der Waals surface area contributed by atoms with Gasteiger partial charge in [-0.15, -0.1) is 0 Å². The quantitative estimate of drug-likeness (QED) is 0.715. The van der Waals surface area contributed by atoms with Crippen molar-refractivity contribution in [1.82, 2.24) is 0 Å². The maximum absolute atomic E-state index is 12.2. The standard InChI is InChI=1S/C12H22O3S/c1-4-15-12(13)10(3)16(14)11-7-5-6-9(2)8-11/h9-11H,4-8H2,1-3H3. The van der Waals surface area contributed by atoms with Crippen LogP contribution in [0, 0.1) is 5.92 Å². The zero-order chi connectivity index (χ0) is 12.1. The molecule has 0 radical (unpaired) electrons. The molecule has 0 aromatic carbocycles. The van der Waals surface area contributed by atoms with Crippen LogP contribution in [-0.2, 0) is 20.3 Å². The number of carbonyl (C=O) groups excluding carboxylic acids is 1. The van der Waals surface area contributed by atoms with Gasteiger partial charge in [-0.1, -0.05) is 19.8 Å². The molecule has 94 valence electrons. The van der Waals surface area contributed by atoms with Crippen LogP contribution in [0.25, 0.3) is 0 Å². The van der Waals surface area contributed by atoms with Crippen molar-refractivity contribution >= 4 is 16.8 Å². The minimum atomic E-state index is -1.08. The molecule has 0 amide bonds. The van der Waals surface area contributed by atoms with E-state index in [0.29, 0.717) is 12.5 Å². The number of ether oxygens (including phenoxy) is 1.